The maximum atomic E-state index is 12.7. The van der Waals surface area contributed by atoms with Crippen molar-refractivity contribution in [3.05, 3.63) is 72.3 Å². The van der Waals surface area contributed by atoms with E-state index in [1.165, 1.54) is 0 Å². The molecular weight excluding hydrogens is 322 g/mol. The monoisotopic (exact) mass is 337 g/mol. The van der Waals surface area contributed by atoms with Crippen LogP contribution < -0.4 is 4.72 Å². The molecule has 4 aromatic rings. The second-order valence-electron chi connectivity index (χ2n) is 5.70. The Kier molecular flexibility index (Phi) is 3.32. The SMILES string of the molecule is Cc1ccc(S(=O)(=O)Nc2cccc3oc4ccccc4c23)cc1. The molecule has 0 spiro atoms. The summed E-state index contributed by atoms with van der Waals surface area (Å²) in [6.45, 7) is 1.92. The summed E-state index contributed by atoms with van der Waals surface area (Å²) in [6, 6.07) is 19.7. The molecule has 0 saturated carbocycles. The molecule has 0 aliphatic carbocycles. The van der Waals surface area contributed by atoms with Crippen LogP contribution >= 0.6 is 0 Å². The first-order chi connectivity index (χ1) is 11.5. The maximum absolute atomic E-state index is 12.7. The molecule has 1 N–H and O–H groups in total. The van der Waals surface area contributed by atoms with Crippen molar-refractivity contribution < 1.29 is 12.8 Å². The fraction of sp³-hybridized carbons (Fsp3) is 0.0526. The number of anilines is 1. The molecule has 4 nitrogen and oxygen atoms in total. The Bertz CT molecular complexity index is 1140. The zero-order valence-corrected chi connectivity index (χ0v) is 13.8. The first-order valence-corrected chi connectivity index (χ1v) is 9.03. The van der Waals surface area contributed by atoms with Crippen LogP contribution in [0.5, 0.6) is 0 Å². The van der Waals surface area contributed by atoms with Crippen LogP contribution in [0.1, 0.15) is 5.56 Å². The van der Waals surface area contributed by atoms with Gasteiger partial charge in [-0.2, -0.15) is 0 Å². The largest absolute Gasteiger partial charge is 0.456 e. The molecular formula is C19H15NO3S. The van der Waals surface area contributed by atoms with Gasteiger partial charge in [-0.15, -0.1) is 0 Å². The van der Waals surface area contributed by atoms with Crippen molar-refractivity contribution >= 4 is 37.6 Å². The topological polar surface area (TPSA) is 59.3 Å². The third kappa shape index (κ3) is 2.43. The standard InChI is InChI=1S/C19H15NO3S/c1-13-9-11-14(12-10-13)24(21,22)20-16-6-4-8-18-19(16)15-5-2-3-7-17(15)23-18/h2-12,20H,1H3. The first-order valence-electron chi connectivity index (χ1n) is 7.54. The highest BCUT2D eigenvalue weighted by Gasteiger charge is 2.17. The molecule has 0 aliphatic rings. The van der Waals surface area contributed by atoms with Crippen molar-refractivity contribution in [2.45, 2.75) is 11.8 Å². The summed E-state index contributed by atoms with van der Waals surface area (Å²) in [5, 5.41) is 1.65. The lowest BCUT2D eigenvalue weighted by Gasteiger charge is -2.09. The Labute approximate surface area is 139 Å². The number of benzene rings is 3. The lowest BCUT2D eigenvalue weighted by atomic mass is 10.1. The summed E-state index contributed by atoms with van der Waals surface area (Å²) in [5.74, 6) is 0. The fourth-order valence-electron chi connectivity index (χ4n) is 2.78. The Morgan fingerprint density at radius 2 is 1.54 bits per heavy atom. The van der Waals surface area contributed by atoms with E-state index < -0.39 is 10.0 Å². The van der Waals surface area contributed by atoms with Gasteiger partial charge in [0.25, 0.3) is 10.0 Å². The number of nitrogens with one attached hydrogen (secondary N) is 1. The van der Waals surface area contributed by atoms with Crippen LogP contribution in [0, 0.1) is 6.92 Å². The third-order valence-electron chi connectivity index (χ3n) is 3.98. The highest BCUT2D eigenvalue weighted by molar-refractivity contribution is 7.92. The molecule has 1 aromatic heterocycles. The summed E-state index contributed by atoms with van der Waals surface area (Å²) in [7, 11) is -3.66. The summed E-state index contributed by atoms with van der Waals surface area (Å²) in [6.07, 6.45) is 0. The first kappa shape index (κ1) is 14.8. The van der Waals surface area contributed by atoms with E-state index in [9.17, 15) is 8.42 Å². The van der Waals surface area contributed by atoms with Gasteiger partial charge in [-0.3, -0.25) is 4.72 Å². The smallest absolute Gasteiger partial charge is 0.261 e. The Morgan fingerprint density at radius 3 is 2.33 bits per heavy atom. The Morgan fingerprint density at radius 1 is 0.833 bits per heavy atom. The number of furan rings is 1. The van der Waals surface area contributed by atoms with Gasteiger partial charge in [0.2, 0.25) is 0 Å². The lowest BCUT2D eigenvalue weighted by molar-refractivity contribution is 0.601. The molecule has 0 atom stereocenters. The predicted molar refractivity (Wildman–Crippen MR) is 95.7 cm³/mol. The van der Waals surface area contributed by atoms with E-state index in [4.69, 9.17) is 4.42 Å². The van der Waals surface area contributed by atoms with Gasteiger partial charge in [0.15, 0.2) is 0 Å². The minimum atomic E-state index is -3.66. The molecule has 0 bridgehead atoms. The zero-order valence-electron chi connectivity index (χ0n) is 13.0. The van der Waals surface area contributed by atoms with E-state index in [0.29, 0.717) is 11.3 Å². The van der Waals surface area contributed by atoms with Crippen molar-refractivity contribution in [1.82, 2.24) is 0 Å². The normalized spacial score (nSPS) is 11.9. The number of aryl methyl sites for hydroxylation is 1. The Balaban J connectivity index is 1.86. The molecule has 24 heavy (non-hydrogen) atoms. The second-order valence-corrected chi connectivity index (χ2v) is 7.38. The van der Waals surface area contributed by atoms with Crippen LogP contribution in [-0.4, -0.2) is 8.42 Å². The number of fused-ring (bicyclic) bond motifs is 3. The zero-order chi connectivity index (χ0) is 16.7. The molecule has 120 valence electrons. The van der Waals surface area contributed by atoms with Gasteiger partial charge in [0.1, 0.15) is 11.2 Å². The van der Waals surface area contributed by atoms with E-state index >= 15 is 0 Å². The third-order valence-corrected chi connectivity index (χ3v) is 5.36. The average molecular weight is 337 g/mol. The molecule has 0 radical (unpaired) electrons. The molecule has 0 saturated heterocycles. The van der Waals surface area contributed by atoms with Gasteiger partial charge in [-0.05, 0) is 37.3 Å². The summed E-state index contributed by atoms with van der Waals surface area (Å²) >= 11 is 0. The van der Waals surface area contributed by atoms with Crippen LogP contribution in [0.15, 0.2) is 76.0 Å². The minimum Gasteiger partial charge on any atom is -0.456 e. The average Bonchev–Trinajstić information content (AvgIpc) is 2.94. The maximum Gasteiger partial charge on any atom is 0.261 e. The fourth-order valence-corrected chi connectivity index (χ4v) is 3.85. The van der Waals surface area contributed by atoms with Crippen molar-refractivity contribution in [1.29, 1.82) is 0 Å². The van der Waals surface area contributed by atoms with Crippen LogP contribution in [0.25, 0.3) is 21.9 Å². The highest BCUT2D eigenvalue weighted by atomic mass is 32.2. The van der Waals surface area contributed by atoms with Crippen LogP contribution in [0.4, 0.5) is 5.69 Å². The van der Waals surface area contributed by atoms with E-state index in [1.54, 1.807) is 36.4 Å². The lowest BCUT2D eigenvalue weighted by Crippen LogP contribution is -2.13. The molecule has 0 amide bonds. The number of hydrogen-bond acceptors (Lipinski definition) is 3. The van der Waals surface area contributed by atoms with Crippen molar-refractivity contribution in [2.75, 3.05) is 4.72 Å². The highest BCUT2D eigenvalue weighted by Crippen LogP contribution is 2.34. The van der Waals surface area contributed by atoms with Crippen LogP contribution in [0.3, 0.4) is 0 Å². The predicted octanol–water partition coefficient (Wildman–Crippen LogP) is 4.70. The molecule has 1 heterocycles. The quantitative estimate of drug-likeness (QED) is 0.590. The van der Waals surface area contributed by atoms with Gasteiger partial charge in [0.05, 0.1) is 16.0 Å². The van der Waals surface area contributed by atoms with E-state index in [1.807, 2.05) is 37.3 Å². The Hall–Kier alpha value is -2.79. The van der Waals surface area contributed by atoms with E-state index in [2.05, 4.69) is 4.72 Å². The minimum absolute atomic E-state index is 0.234. The van der Waals surface area contributed by atoms with Gasteiger partial charge < -0.3 is 4.42 Å². The van der Waals surface area contributed by atoms with Gasteiger partial charge in [-0.25, -0.2) is 8.42 Å². The van der Waals surface area contributed by atoms with Gasteiger partial charge in [-0.1, -0.05) is 42.0 Å². The van der Waals surface area contributed by atoms with Gasteiger partial charge >= 0.3 is 0 Å². The summed E-state index contributed by atoms with van der Waals surface area (Å²) in [5.41, 5.74) is 2.91. The summed E-state index contributed by atoms with van der Waals surface area (Å²) < 4.78 is 33.8. The number of sulfonamides is 1. The van der Waals surface area contributed by atoms with Crippen LogP contribution in [-0.2, 0) is 10.0 Å². The summed E-state index contributed by atoms with van der Waals surface area (Å²) in [4.78, 5) is 0.234. The van der Waals surface area contributed by atoms with E-state index in [-0.39, 0.29) is 4.90 Å². The molecule has 0 unspecified atom stereocenters. The number of hydrogen-bond donors (Lipinski definition) is 1. The molecule has 4 rings (SSSR count). The van der Waals surface area contributed by atoms with Gasteiger partial charge in [0, 0.05) is 5.39 Å². The molecule has 0 fully saturated rings. The molecule has 0 aliphatic heterocycles. The van der Waals surface area contributed by atoms with Crippen molar-refractivity contribution in [3.63, 3.8) is 0 Å². The number of rotatable bonds is 3. The van der Waals surface area contributed by atoms with Crippen molar-refractivity contribution in [3.8, 4) is 0 Å². The second kappa shape index (κ2) is 5.39. The molecule has 3 aromatic carbocycles. The van der Waals surface area contributed by atoms with E-state index in [0.717, 1.165) is 21.9 Å². The number of para-hydroxylation sites is 1. The van der Waals surface area contributed by atoms with Crippen molar-refractivity contribution in [2.24, 2.45) is 0 Å². The molecule has 5 heteroatoms. The van der Waals surface area contributed by atoms with Crippen LogP contribution in [0.2, 0.25) is 0 Å².